The van der Waals surface area contributed by atoms with E-state index in [1.54, 1.807) is 0 Å². The van der Waals surface area contributed by atoms with Gasteiger partial charge in [0.15, 0.2) is 0 Å². The van der Waals surface area contributed by atoms with Gasteiger partial charge in [-0.05, 0) is 88.6 Å². The third-order valence-electron chi connectivity index (χ3n) is 5.23. The van der Waals surface area contributed by atoms with Crippen molar-refractivity contribution < 1.29 is 9.53 Å². The van der Waals surface area contributed by atoms with E-state index < -0.39 is 5.60 Å². The van der Waals surface area contributed by atoms with Gasteiger partial charge in [-0.1, -0.05) is 18.9 Å². The minimum absolute atomic E-state index is 0.390. The molecule has 4 heteroatoms. The number of ether oxygens (including phenoxy) is 1. The number of nitrogens with one attached hydrogen (secondary N) is 2. The van der Waals surface area contributed by atoms with Gasteiger partial charge >= 0.3 is 6.09 Å². The molecule has 1 aromatic carbocycles. The zero-order chi connectivity index (χ0) is 17.9. The molecule has 3 rings (SSSR count). The predicted molar refractivity (Wildman–Crippen MR) is 102 cm³/mol. The number of anilines is 1. The summed E-state index contributed by atoms with van der Waals surface area (Å²) in [5.41, 5.74) is 3.10. The number of carbonyl (C=O) groups is 1. The lowest BCUT2D eigenvalue weighted by atomic mass is 9.87. The van der Waals surface area contributed by atoms with Crippen LogP contribution in [0.2, 0.25) is 0 Å². The second-order valence-electron chi connectivity index (χ2n) is 8.54. The fraction of sp³-hybridized carbons (Fsp3) is 0.667. The van der Waals surface area contributed by atoms with E-state index in [0.29, 0.717) is 6.04 Å². The van der Waals surface area contributed by atoms with Crippen molar-refractivity contribution in [1.82, 2.24) is 5.32 Å². The van der Waals surface area contributed by atoms with E-state index in [9.17, 15) is 4.79 Å². The van der Waals surface area contributed by atoms with Crippen molar-refractivity contribution in [1.29, 1.82) is 0 Å². The Morgan fingerprint density at radius 2 is 1.92 bits per heavy atom. The molecule has 0 saturated heterocycles. The SMILES string of the molecule is CC(C)(C)OC(=O)Nc1ccc2c(c1)CCCC2NCC1CCCC1. The van der Waals surface area contributed by atoms with Crippen LogP contribution in [0.3, 0.4) is 0 Å². The van der Waals surface area contributed by atoms with E-state index in [1.165, 1.54) is 49.7 Å². The van der Waals surface area contributed by atoms with Crippen molar-refractivity contribution in [2.45, 2.75) is 77.4 Å². The Labute approximate surface area is 151 Å². The molecule has 1 saturated carbocycles. The minimum atomic E-state index is -0.479. The second-order valence-corrected chi connectivity index (χ2v) is 8.54. The molecule has 1 aromatic rings. The number of hydrogen-bond acceptors (Lipinski definition) is 3. The highest BCUT2D eigenvalue weighted by Crippen LogP contribution is 2.33. The lowest BCUT2D eigenvalue weighted by Gasteiger charge is -2.28. The molecule has 2 aliphatic carbocycles. The molecular weight excluding hydrogens is 312 g/mol. The van der Waals surface area contributed by atoms with E-state index in [4.69, 9.17) is 4.74 Å². The van der Waals surface area contributed by atoms with Crippen LogP contribution >= 0.6 is 0 Å². The average molecular weight is 344 g/mol. The van der Waals surface area contributed by atoms with Crippen LogP contribution in [-0.4, -0.2) is 18.2 Å². The minimum Gasteiger partial charge on any atom is -0.444 e. The maximum atomic E-state index is 12.0. The van der Waals surface area contributed by atoms with Crippen LogP contribution in [-0.2, 0) is 11.2 Å². The van der Waals surface area contributed by atoms with Gasteiger partial charge in [0.05, 0.1) is 0 Å². The Kier molecular flexibility index (Phi) is 5.67. The molecule has 2 aliphatic rings. The molecule has 0 aromatic heterocycles. The van der Waals surface area contributed by atoms with Gasteiger partial charge in [0.1, 0.15) is 5.60 Å². The van der Waals surface area contributed by atoms with Crippen molar-refractivity contribution in [3.63, 3.8) is 0 Å². The molecule has 1 atom stereocenters. The second kappa shape index (κ2) is 7.77. The van der Waals surface area contributed by atoms with Crippen LogP contribution in [0.1, 0.15) is 76.5 Å². The molecule has 2 N–H and O–H groups in total. The van der Waals surface area contributed by atoms with E-state index in [2.05, 4.69) is 22.8 Å². The first kappa shape index (κ1) is 18.2. The van der Waals surface area contributed by atoms with Crippen LogP contribution in [0.25, 0.3) is 0 Å². The molecule has 0 spiro atoms. The fourth-order valence-corrected chi connectivity index (χ4v) is 4.05. The molecule has 25 heavy (non-hydrogen) atoms. The Morgan fingerprint density at radius 1 is 1.16 bits per heavy atom. The number of benzene rings is 1. The zero-order valence-electron chi connectivity index (χ0n) is 15.9. The van der Waals surface area contributed by atoms with Crippen molar-refractivity contribution >= 4 is 11.8 Å². The highest BCUT2D eigenvalue weighted by atomic mass is 16.6. The molecule has 0 aliphatic heterocycles. The Morgan fingerprint density at radius 3 is 2.64 bits per heavy atom. The monoisotopic (exact) mass is 344 g/mol. The highest BCUT2D eigenvalue weighted by Gasteiger charge is 2.23. The molecule has 4 nitrogen and oxygen atoms in total. The third-order valence-corrected chi connectivity index (χ3v) is 5.23. The van der Waals surface area contributed by atoms with Crippen LogP contribution in [0.5, 0.6) is 0 Å². The zero-order valence-corrected chi connectivity index (χ0v) is 15.9. The maximum Gasteiger partial charge on any atom is 0.412 e. The van der Waals surface area contributed by atoms with Crippen molar-refractivity contribution in [2.24, 2.45) is 5.92 Å². The van der Waals surface area contributed by atoms with Gasteiger partial charge in [0.2, 0.25) is 0 Å². The molecule has 0 radical (unpaired) electrons. The van der Waals surface area contributed by atoms with Gasteiger partial charge in [0.25, 0.3) is 0 Å². The molecule has 0 heterocycles. The quantitative estimate of drug-likeness (QED) is 0.790. The first-order chi connectivity index (χ1) is 11.9. The van der Waals surface area contributed by atoms with Gasteiger partial charge in [-0.15, -0.1) is 0 Å². The number of rotatable bonds is 4. The largest absolute Gasteiger partial charge is 0.444 e. The van der Waals surface area contributed by atoms with Gasteiger partial charge in [-0.25, -0.2) is 4.79 Å². The summed E-state index contributed by atoms with van der Waals surface area (Å²) < 4.78 is 5.34. The number of hydrogen-bond donors (Lipinski definition) is 2. The van der Waals surface area contributed by atoms with Crippen LogP contribution in [0.4, 0.5) is 10.5 Å². The first-order valence-corrected chi connectivity index (χ1v) is 9.77. The number of amides is 1. The fourth-order valence-electron chi connectivity index (χ4n) is 4.05. The van der Waals surface area contributed by atoms with Crippen molar-refractivity contribution in [2.75, 3.05) is 11.9 Å². The van der Waals surface area contributed by atoms with E-state index in [0.717, 1.165) is 24.6 Å². The average Bonchev–Trinajstić information content (AvgIpc) is 3.04. The molecule has 0 bridgehead atoms. The summed E-state index contributed by atoms with van der Waals surface area (Å²) in [6, 6.07) is 6.74. The molecule has 1 unspecified atom stereocenters. The topological polar surface area (TPSA) is 50.4 Å². The molecular formula is C21H32N2O2. The lowest BCUT2D eigenvalue weighted by Crippen LogP contribution is -2.29. The summed E-state index contributed by atoms with van der Waals surface area (Å²) in [6.07, 6.45) is 8.65. The van der Waals surface area contributed by atoms with E-state index in [-0.39, 0.29) is 6.09 Å². The Bertz CT molecular complexity index is 600. The number of fused-ring (bicyclic) bond motifs is 1. The predicted octanol–water partition coefficient (Wildman–Crippen LogP) is 5.19. The lowest BCUT2D eigenvalue weighted by molar-refractivity contribution is 0.0636. The standard InChI is InChI=1S/C21H32N2O2/c1-21(2,3)25-20(24)23-17-11-12-18-16(13-17)9-6-10-19(18)22-14-15-7-4-5-8-15/h11-13,15,19,22H,4-10,14H2,1-3H3,(H,23,24). The third kappa shape index (κ3) is 5.21. The highest BCUT2D eigenvalue weighted by molar-refractivity contribution is 5.85. The Balaban J connectivity index is 1.62. The molecule has 138 valence electrons. The van der Waals surface area contributed by atoms with Crippen LogP contribution < -0.4 is 10.6 Å². The summed E-state index contributed by atoms with van der Waals surface area (Å²) in [5.74, 6) is 0.860. The van der Waals surface area contributed by atoms with Gasteiger partial charge in [-0.2, -0.15) is 0 Å². The first-order valence-electron chi connectivity index (χ1n) is 9.77. The van der Waals surface area contributed by atoms with Crippen LogP contribution in [0.15, 0.2) is 18.2 Å². The summed E-state index contributed by atoms with van der Waals surface area (Å²) in [7, 11) is 0. The van der Waals surface area contributed by atoms with Gasteiger partial charge in [-0.3, -0.25) is 5.32 Å². The van der Waals surface area contributed by atoms with Crippen LogP contribution in [0, 0.1) is 5.92 Å². The summed E-state index contributed by atoms with van der Waals surface area (Å²) in [6.45, 7) is 6.77. The van der Waals surface area contributed by atoms with Gasteiger partial charge in [0, 0.05) is 11.7 Å². The summed E-state index contributed by atoms with van der Waals surface area (Å²) in [5, 5.41) is 6.66. The molecule has 1 amide bonds. The normalized spacial score (nSPS) is 21.0. The number of carbonyl (C=O) groups excluding carboxylic acids is 1. The molecule has 1 fully saturated rings. The van der Waals surface area contributed by atoms with Crippen molar-refractivity contribution in [3.8, 4) is 0 Å². The maximum absolute atomic E-state index is 12.0. The van der Waals surface area contributed by atoms with Gasteiger partial charge < -0.3 is 10.1 Å². The summed E-state index contributed by atoms with van der Waals surface area (Å²) >= 11 is 0. The van der Waals surface area contributed by atoms with E-state index in [1.807, 2.05) is 26.8 Å². The Hall–Kier alpha value is -1.55. The number of aryl methyl sites for hydroxylation is 1. The van der Waals surface area contributed by atoms with E-state index >= 15 is 0 Å². The van der Waals surface area contributed by atoms with Crippen molar-refractivity contribution in [3.05, 3.63) is 29.3 Å². The summed E-state index contributed by atoms with van der Waals surface area (Å²) in [4.78, 5) is 12.0. The smallest absolute Gasteiger partial charge is 0.412 e.